The third-order valence-electron chi connectivity index (χ3n) is 1.83. The van der Waals surface area contributed by atoms with Crippen molar-refractivity contribution in [1.29, 1.82) is 0 Å². The second-order valence-electron chi connectivity index (χ2n) is 3.37. The fourth-order valence-electron chi connectivity index (χ4n) is 0.824. The van der Waals surface area contributed by atoms with Crippen LogP contribution in [-0.4, -0.2) is 36.9 Å². The van der Waals surface area contributed by atoms with Crippen LogP contribution < -0.4 is 5.32 Å². The molecule has 0 bridgehead atoms. The van der Waals surface area contributed by atoms with E-state index in [1.54, 1.807) is 21.0 Å². The number of methoxy groups -OCH3 is 1. The third-order valence-corrected chi connectivity index (χ3v) is 1.83. The summed E-state index contributed by atoms with van der Waals surface area (Å²) in [7, 11) is 1.58. The number of amides is 1. The van der Waals surface area contributed by atoms with E-state index >= 15 is 0 Å². The molecule has 0 radical (unpaired) electrons. The minimum absolute atomic E-state index is 0.0438. The summed E-state index contributed by atoms with van der Waals surface area (Å²) in [6, 6.07) is 0. The molecule has 0 aliphatic rings. The lowest BCUT2D eigenvalue weighted by Gasteiger charge is -2.22. The molecule has 78 valence electrons. The number of carbonyl (C=O) groups excluding carboxylic acids is 1. The predicted octanol–water partition coefficient (Wildman–Crippen LogP) is 0.300. The minimum Gasteiger partial charge on any atom is -0.388 e. The van der Waals surface area contributed by atoms with Crippen molar-refractivity contribution >= 4 is 5.91 Å². The van der Waals surface area contributed by atoms with Crippen molar-refractivity contribution in [3.8, 4) is 0 Å². The highest BCUT2D eigenvalue weighted by Gasteiger charge is 2.20. The number of ether oxygens (including phenoxy) is 1. The average molecular weight is 189 g/mol. The highest BCUT2D eigenvalue weighted by molar-refractivity contribution is 5.75. The van der Waals surface area contributed by atoms with Gasteiger partial charge in [0.1, 0.15) is 0 Å². The Kier molecular flexibility index (Phi) is 5.66. The van der Waals surface area contributed by atoms with E-state index < -0.39 is 5.60 Å². The molecule has 1 amide bonds. The molecule has 0 rings (SSSR count). The lowest BCUT2D eigenvalue weighted by atomic mass is 10.0. The first-order chi connectivity index (χ1) is 6.02. The van der Waals surface area contributed by atoms with Crippen LogP contribution in [0.4, 0.5) is 0 Å². The number of rotatable bonds is 6. The van der Waals surface area contributed by atoms with Crippen molar-refractivity contribution < 1.29 is 14.6 Å². The van der Waals surface area contributed by atoms with E-state index in [1.807, 2.05) is 0 Å². The van der Waals surface area contributed by atoms with Gasteiger partial charge in [0, 0.05) is 33.1 Å². The van der Waals surface area contributed by atoms with Gasteiger partial charge in [-0.1, -0.05) is 6.92 Å². The molecular weight excluding hydrogens is 170 g/mol. The molecule has 0 aliphatic carbocycles. The molecule has 4 heteroatoms. The number of carbonyl (C=O) groups is 1. The van der Waals surface area contributed by atoms with Gasteiger partial charge in [0.15, 0.2) is 0 Å². The first-order valence-corrected chi connectivity index (χ1v) is 4.50. The van der Waals surface area contributed by atoms with E-state index in [2.05, 4.69) is 5.32 Å². The van der Waals surface area contributed by atoms with Gasteiger partial charge >= 0.3 is 0 Å². The molecule has 0 heterocycles. The van der Waals surface area contributed by atoms with Gasteiger partial charge in [0.05, 0.1) is 5.60 Å². The zero-order chi connectivity index (χ0) is 10.3. The van der Waals surface area contributed by atoms with Crippen molar-refractivity contribution in [1.82, 2.24) is 5.32 Å². The molecule has 0 aromatic carbocycles. The van der Waals surface area contributed by atoms with Crippen LogP contribution in [0.3, 0.4) is 0 Å². The van der Waals surface area contributed by atoms with E-state index in [1.165, 1.54) is 0 Å². The molecular formula is C9H19NO3. The molecule has 13 heavy (non-hydrogen) atoms. The fraction of sp³-hybridized carbons (Fsp3) is 0.889. The Labute approximate surface area is 79.3 Å². The van der Waals surface area contributed by atoms with E-state index in [0.717, 1.165) is 0 Å². The van der Waals surface area contributed by atoms with Crippen molar-refractivity contribution in [3.05, 3.63) is 0 Å². The first kappa shape index (κ1) is 12.4. The summed E-state index contributed by atoms with van der Waals surface area (Å²) in [5, 5.41) is 12.3. The topological polar surface area (TPSA) is 58.6 Å². The second kappa shape index (κ2) is 5.94. The summed E-state index contributed by atoms with van der Waals surface area (Å²) >= 11 is 0. The average Bonchev–Trinajstić information content (AvgIpc) is 2.11. The highest BCUT2D eigenvalue weighted by Crippen LogP contribution is 2.07. The molecule has 2 N–H and O–H groups in total. The largest absolute Gasteiger partial charge is 0.388 e. The maximum absolute atomic E-state index is 10.9. The molecule has 1 unspecified atom stereocenters. The number of aliphatic hydroxyl groups is 1. The van der Waals surface area contributed by atoms with Crippen LogP contribution in [0.25, 0.3) is 0 Å². The van der Waals surface area contributed by atoms with Crippen molar-refractivity contribution in [2.75, 3.05) is 20.3 Å². The van der Waals surface area contributed by atoms with E-state index in [-0.39, 0.29) is 12.5 Å². The predicted molar refractivity (Wildman–Crippen MR) is 50.4 cm³/mol. The fourth-order valence-corrected chi connectivity index (χ4v) is 0.824. The quantitative estimate of drug-likeness (QED) is 0.632. The normalized spacial score (nSPS) is 15.1. The Balaban J connectivity index is 3.67. The van der Waals surface area contributed by atoms with Crippen molar-refractivity contribution in [3.63, 3.8) is 0 Å². The maximum Gasteiger partial charge on any atom is 0.219 e. The van der Waals surface area contributed by atoms with Gasteiger partial charge in [0.2, 0.25) is 5.91 Å². The molecule has 1 atom stereocenters. The molecule has 0 saturated carbocycles. The van der Waals surface area contributed by atoms with Crippen LogP contribution >= 0.6 is 0 Å². The van der Waals surface area contributed by atoms with Crippen LogP contribution in [0, 0.1) is 0 Å². The Bertz CT molecular complexity index is 157. The van der Waals surface area contributed by atoms with Crippen LogP contribution in [-0.2, 0) is 9.53 Å². The van der Waals surface area contributed by atoms with Gasteiger partial charge < -0.3 is 15.2 Å². The smallest absolute Gasteiger partial charge is 0.219 e. The number of hydrogen-bond donors (Lipinski definition) is 2. The van der Waals surface area contributed by atoms with Gasteiger partial charge in [-0.15, -0.1) is 0 Å². The van der Waals surface area contributed by atoms with E-state index in [9.17, 15) is 9.90 Å². The zero-order valence-corrected chi connectivity index (χ0v) is 8.59. The molecule has 0 saturated heterocycles. The van der Waals surface area contributed by atoms with Gasteiger partial charge in [-0.3, -0.25) is 4.79 Å². The highest BCUT2D eigenvalue weighted by atomic mass is 16.5. The lowest BCUT2D eigenvalue weighted by molar-refractivity contribution is -0.122. The summed E-state index contributed by atoms with van der Waals surface area (Å²) in [5.74, 6) is -0.0438. The number of nitrogens with one attached hydrogen (secondary N) is 1. The summed E-state index contributed by atoms with van der Waals surface area (Å²) in [5.41, 5.74) is -0.874. The lowest BCUT2D eigenvalue weighted by Crippen LogP contribution is -2.41. The molecule has 0 spiro atoms. The van der Waals surface area contributed by atoms with Crippen LogP contribution in [0.2, 0.25) is 0 Å². The van der Waals surface area contributed by atoms with Gasteiger partial charge in [-0.05, 0) is 6.92 Å². The molecule has 0 fully saturated rings. The molecule has 0 aliphatic heterocycles. The van der Waals surface area contributed by atoms with Gasteiger partial charge in [-0.2, -0.15) is 0 Å². The van der Waals surface area contributed by atoms with E-state index in [0.29, 0.717) is 19.4 Å². The first-order valence-electron chi connectivity index (χ1n) is 4.50. The Morgan fingerprint density at radius 3 is 2.69 bits per heavy atom. The van der Waals surface area contributed by atoms with Crippen LogP contribution in [0.1, 0.15) is 26.7 Å². The van der Waals surface area contributed by atoms with Gasteiger partial charge in [0.25, 0.3) is 0 Å². The summed E-state index contributed by atoms with van der Waals surface area (Å²) in [6.07, 6.45) is 0.966. The standard InChI is InChI=1S/C9H19NO3/c1-4-8(11)10-7-9(2,12)5-6-13-3/h12H,4-7H2,1-3H3,(H,10,11). The van der Waals surface area contributed by atoms with Crippen molar-refractivity contribution in [2.45, 2.75) is 32.3 Å². The Morgan fingerprint density at radius 2 is 2.23 bits per heavy atom. The summed E-state index contributed by atoms with van der Waals surface area (Å²) in [6.45, 7) is 4.24. The monoisotopic (exact) mass is 189 g/mol. The molecule has 0 aromatic heterocycles. The van der Waals surface area contributed by atoms with Crippen LogP contribution in [0.15, 0.2) is 0 Å². The second-order valence-corrected chi connectivity index (χ2v) is 3.37. The summed E-state index contributed by atoms with van der Waals surface area (Å²) in [4.78, 5) is 10.9. The summed E-state index contributed by atoms with van der Waals surface area (Å²) < 4.78 is 4.84. The van der Waals surface area contributed by atoms with E-state index in [4.69, 9.17) is 4.74 Å². The Hall–Kier alpha value is -0.610. The Morgan fingerprint density at radius 1 is 1.62 bits per heavy atom. The van der Waals surface area contributed by atoms with Crippen molar-refractivity contribution in [2.24, 2.45) is 0 Å². The number of hydrogen-bond acceptors (Lipinski definition) is 3. The maximum atomic E-state index is 10.9. The molecule has 4 nitrogen and oxygen atoms in total. The third kappa shape index (κ3) is 6.54. The zero-order valence-electron chi connectivity index (χ0n) is 8.59. The van der Waals surface area contributed by atoms with Crippen LogP contribution in [0.5, 0.6) is 0 Å². The SMILES string of the molecule is CCC(=O)NCC(C)(O)CCOC. The minimum atomic E-state index is -0.874. The van der Waals surface area contributed by atoms with Gasteiger partial charge in [-0.25, -0.2) is 0 Å². The molecule has 0 aromatic rings.